The zero-order valence-corrected chi connectivity index (χ0v) is 16.2. The molecule has 1 aliphatic rings. The fraction of sp³-hybridized carbons (Fsp3) is 0.438. The average molecular weight is 430 g/mol. The molecule has 2 heterocycles. The van der Waals surface area contributed by atoms with Crippen LogP contribution in [-0.4, -0.2) is 49.9 Å². The van der Waals surface area contributed by atoms with E-state index in [1.54, 1.807) is 18.2 Å². The Morgan fingerprint density at radius 3 is 2.84 bits per heavy atom. The number of likely N-dealkylation sites (N-methyl/N-ethyl adjacent to an activating group) is 1. The minimum absolute atomic E-state index is 0.0883. The molecule has 9 heteroatoms. The summed E-state index contributed by atoms with van der Waals surface area (Å²) in [5.41, 5.74) is 5.84. The summed E-state index contributed by atoms with van der Waals surface area (Å²) in [6.07, 6.45) is 2.70. The molecule has 25 heavy (non-hydrogen) atoms. The van der Waals surface area contributed by atoms with Crippen molar-refractivity contribution in [3.8, 4) is 0 Å². The molecule has 136 valence electrons. The number of halogens is 1. The third-order valence-corrected chi connectivity index (χ3v) is 6.77. The second-order valence-electron chi connectivity index (χ2n) is 6.16. The number of aromatic amines is 1. The minimum Gasteiger partial charge on any atom is -0.377 e. The smallest absolute Gasteiger partial charge is 0.266 e. The number of H-pyrrole nitrogens is 1. The summed E-state index contributed by atoms with van der Waals surface area (Å²) in [4.78, 5) is 14.5. The number of nitrogens with two attached hydrogens (primary N) is 1. The van der Waals surface area contributed by atoms with Crippen molar-refractivity contribution >= 4 is 42.8 Å². The van der Waals surface area contributed by atoms with Gasteiger partial charge in [-0.3, -0.25) is 4.79 Å². The molecule has 0 saturated carbocycles. The fourth-order valence-corrected chi connectivity index (χ4v) is 4.96. The van der Waals surface area contributed by atoms with Gasteiger partial charge in [0, 0.05) is 35.6 Å². The van der Waals surface area contributed by atoms with Crippen LogP contribution in [0.2, 0.25) is 0 Å². The summed E-state index contributed by atoms with van der Waals surface area (Å²) in [6, 6.07) is 5.13. The van der Waals surface area contributed by atoms with Crippen LogP contribution in [0.5, 0.6) is 0 Å². The van der Waals surface area contributed by atoms with E-state index in [1.165, 1.54) is 11.4 Å². The van der Waals surface area contributed by atoms with Crippen molar-refractivity contribution in [2.75, 3.05) is 20.2 Å². The molecule has 1 aromatic carbocycles. The second kappa shape index (κ2) is 7.06. The van der Waals surface area contributed by atoms with E-state index in [2.05, 4.69) is 20.9 Å². The number of benzene rings is 1. The molecule has 0 radical (unpaired) electrons. The zero-order chi connectivity index (χ0) is 18.2. The quantitative estimate of drug-likeness (QED) is 0.759. The Labute approximate surface area is 154 Å². The minimum atomic E-state index is -3.91. The van der Waals surface area contributed by atoms with Gasteiger partial charge in [0.2, 0.25) is 10.0 Å². The van der Waals surface area contributed by atoms with Crippen molar-refractivity contribution in [1.82, 2.24) is 9.29 Å². The van der Waals surface area contributed by atoms with Gasteiger partial charge in [-0.2, -0.15) is 4.31 Å². The van der Waals surface area contributed by atoms with Gasteiger partial charge in [0.1, 0.15) is 10.6 Å². The van der Waals surface area contributed by atoms with Crippen LogP contribution in [0, 0.1) is 0 Å². The van der Waals surface area contributed by atoms with E-state index in [-0.39, 0.29) is 23.2 Å². The maximum absolute atomic E-state index is 13.1. The van der Waals surface area contributed by atoms with E-state index in [1.807, 2.05) is 0 Å². The number of carbonyl (C=O) groups excluding carboxylic acids is 1. The summed E-state index contributed by atoms with van der Waals surface area (Å²) in [6.45, 7) is 0.881. The van der Waals surface area contributed by atoms with Gasteiger partial charge in [-0.15, -0.1) is 0 Å². The molecular formula is C16H20BrN3O4S. The van der Waals surface area contributed by atoms with Crippen LogP contribution in [0.1, 0.15) is 29.8 Å². The van der Waals surface area contributed by atoms with Crippen LogP contribution in [0.4, 0.5) is 0 Å². The molecule has 0 aliphatic carbocycles. The number of rotatable bonds is 5. The van der Waals surface area contributed by atoms with Crippen molar-refractivity contribution in [3.05, 3.63) is 28.4 Å². The number of nitrogens with one attached hydrogen (secondary N) is 1. The molecule has 1 fully saturated rings. The third kappa shape index (κ3) is 3.59. The molecule has 0 spiro atoms. The van der Waals surface area contributed by atoms with Crippen LogP contribution in [0.25, 0.3) is 10.9 Å². The van der Waals surface area contributed by atoms with Gasteiger partial charge in [0.05, 0.1) is 6.10 Å². The highest BCUT2D eigenvalue weighted by atomic mass is 79.9. The maximum atomic E-state index is 13.1. The van der Waals surface area contributed by atoms with E-state index >= 15 is 0 Å². The first-order chi connectivity index (χ1) is 11.8. The monoisotopic (exact) mass is 429 g/mol. The molecule has 0 bridgehead atoms. The van der Waals surface area contributed by atoms with Crippen LogP contribution in [-0.2, 0) is 14.8 Å². The van der Waals surface area contributed by atoms with Gasteiger partial charge in [-0.05, 0) is 37.5 Å². The van der Waals surface area contributed by atoms with Crippen molar-refractivity contribution in [2.24, 2.45) is 5.73 Å². The first-order valence-corrected chi connectivity index (χ1v) is 10.2. The Balaban J connectivity index is 2.04. The molecule has 7 nitrogen and oxygen atoms in total. The largest absolute Gasteiger partial charge is 0.377 e. The number of hydrogen-bond acceptors (Lipinski definition) is 4. The summed E-state index contributed by atoms with van der Waals surface area (Å²) in [5.74, 6) is -0.812. The van der Waals surface area contributed by atoms with Gasteiger partial charge in [-0.1, -0.05) is 15.9 Å². The molecule has 1 amide bonds. The molecule has 1 unspecified atom stereocenters. The number of sulfonamides is 1. The Hall–Kier alpha value is -1.42. The highest BCUT2D eigenvalue weighted by Gasteiger charge is 2.32. The number of carbonyl (C=O) groups is 1. The van der Waals surface area contributed by atoms with Crippen LogP contribution in [0.3, 0.4) is 0 Å². The lowest BCUT2D eigenvalue weighted by Gasteiger charge is -2.27. The molecular weight excluding hydrogens is 410 g/mol. The summed E-state index contributed by atoms with van der Waals surface area (Å²) < 4.78 is 33.9. The maximum Gasteiger partial charge on any atom is 0.266 e. The van der Waals surface area contributed by atoms with Crippen LogP contribution in [0.15, 0.2) is 27.6 Å². The number of ether oxygens (including phenoxy) is 1. The summed E-state index contributed by atoms with van der Waals surface area (Å²) in [7, 11) is -2.42. The number of nitrogens with zero attached hydrogens (tertiary/aromatic N) is 1. The van der Waals surface area contributed by atoms with Gasteiger partial charge >= 0.3 is 0 Å². The van der Waals surface area contributed by atoms with Gasteiger partial charge < -0.3 is 15.5 Å². The number of hydrogen-bond donors (Lipinski definition) is 2. The molecule has 1 aromatic heterocycles. The van der Waals surface area contributed by atoms with Crippen molar-refractivity contribution in [1.29, 1.82) is 0 Å². The highest BCUT2D eigenvalue weighted by molar-refractivity contribution is 9.10. The molecule has 2 aromatic rings. The summed E-state index contributed by atoms with van der Waals surface area (Å²) in [5, 5.41) is 0.430. The van der Waals surface area contributed by atoms with E-state index in [4.69, 9.17) is 10.5 Å². The first kappa shape index (κ1) is 18.4. The third-order valence-electron chi connectivity index (χ3n) is 4.36. The van der Waals surface area contributed by atoms with Gasteiger partial charge in [0.15, 0.2) is 0 Å². The predicted molar refractivity (Wildman–Crippen MR) is 97.9 cm³/mol. The first-order valence-electron chi connectivity index (χ1n) is 7.99. The number of primary amides is 1. The fourth-order valence-electron chi connectivity index (χ4n) is 3.07. The number of amides is 1. The number of aromatic nitrogens is 1. The van der Waals surface area contributed by atoms with Crippen molar-refractivity contribution in [2.45, 2.75) is 30.3 Å². The predicted octanol–water partition coefficient (Wildman–Crippen LogP) is 2.22. The van der Waals surface area contributed by atoms with Crippen LogP contribution >= 0.6 is 15.9 Å². The molecule has 1 aliphatic heterocycles. The van der Waals surface area contributed by atoms with E-state index < -0.39 is 15.9 Å². The van der Waals surface area contributed by atoms with E-state index in [9.17, 15) is 13.2 Å². The SMILES string of the molecule is CN(CC1CCCCO1)S(=O)(=O)c1c(C(N)=O)[nH]c2ccc(Br)cc12. The van der Waals surface area contributed by atoms with Crippen LogP contribution < -0.4 is 5.73 Å². The highest BCUT2D eigenvalue weighted by Crippen LogP contribution is 2.31. The molecule has 1 saturated heterocycles. The van der Waals surface area contributed by atoms with Gasteiger partial charge in [0.25, 0.3) is 5.91 Å². The normalized spacial score (nSPS) is 18.8. The Morgan fingerprint density at radius 1 is 1.44 bits per heavy atom. The van der Waals surface area contributed by atoms with E-state index in [0.29, 0.717) is 22.0 Å². The zero-order valence-electron chi connectivity index (χ0n) is 13.8. The lowest BCUT2D eigenvalue weighted by Crippen LogP contribution is -2.37. The van der Waals surface area contributed by atoms with E-state index in [0.717, 1.165) is 19.3 Å². The summed E-state index contributed by atoms with van der Waals surface area (Å²) >= 11 is 3.34. The standard InChI is InChI=1S/C16H20BrN3O4S/c1-20(9-11-4-2-3-7-24-11)25(22,23)15-12-8-10(17)5-6-13(12)19-14(15)16(18)21/h5-6,8,11,19H,2-4,7,9H2,1H3,(H2,18,21). The molecule has 3 N–H and O–H groups in total. The average Bonchev–Trinajstić information content (AvgIpc) is 2.95. The Kier molecular flexibility index (Phi) is 5.19. The Bertz CT molecular complexity index is 903. The Morgan fingerprint density at radius 2 is 2.20 bits per heavy atom. The number of fused-ring (bicyclic) bond motifs is 1. The lowest BCUT2D eigenvalue weighted by molar-refractivity contribution is 0.00859. The topological polar surface area (TPSA) is 105 Å². The van der Waals surface area contributed by atoms with Gasteiger partial charge in [-0.25, -0.2) is 8.42 Å². The van der Waals surface area contributed by atoms with Crippen molar-refractivity contribution in [3.63, 3.8) is 0 Å². The second-order valence-corrected chi connectivity index (χ2v) is 9.05. The lowest BCUT2D eigenvalue weighted by atomic mass is 10.1. The molecule has 3 rings (SSSR count). The van der Waals surface area contributed by atoms with Crippen molar-refractivity contribution < 1.29 is 17.9 Å². The molecule has 1 atom stereocenters.